The van der Waals surface area contributed by atoms with Crippen LogP contribution in [0.3, 0.4) is 0 Å². The fraction of sp³-hybridized carbons (Fsp3) is 0.538. The summed E-state index contributed by atoms with van der Waals surface area (Å²) in [4.78, 5) is 0. The molecular formula is C13H17F2N. The smallest absolute Gasteiger partial charge is 0.250 e. The minimum Gasteiger partial charge on any atom is -0.330 e. The van der Waals surface area contributed by atoms with E-state index in [1.807, 2.05) is 24.3 Å². The Bertz CT molecular complexity index is 379. The van der Waals surface area contributed by atoms with Crippen molar-refractivity contribution in [3.05, 3.63) is 35.4 Å². The zero-order chi connectivity index (χ0) is 11.8. The average molecular weight is 225 g/mol. The van der Waals surface area contributed by atoms with Crippen molar-refractivity contribution in [3.63, 3.8) is 0 Å². The molecule has 0 unspecified atom stereocenters. The standard InChI is InChI=1S/C13H17F2N/c1-2-10-4-3-5-11(6-10)12(9-16)7-13(14,15)8-12/h3-6H,2,7-9,16H2,1H3. The van der Waals surface area contributed by atoms with Gasteiger partial charge in [0.25, 0.3) is 0 Å². The van der Waals surface area contributed by atoms with Crippen LogP contribution in [0.2, 0.25) is 0 Å². The maximum absolute atomic E-state index is 13.0. The molecule has 88 valence electrons. The van der Waals surface area contributed by atoms with Gasteiger partial charge < -0.3 is 5.73 Å². The third-order valence-corrected chi connectivity index (χ3v) is 3.53. The Labute approximate surface area is 94.7 Å². The Hall–Kier alpha value is -0.960. The van der Waals surface area contributed by atoms with Gasteiger partial charge in [-0.25, -0.2) is 8.78 Å². The molecule has 0 bridgehead atoms. The van der Waals surface area contributed by atoms with Crippen molar-refractivity contribution in [1.82, 2.24) is 0 Å². The molecule has 16 heavy (non-hydrogen) atoms. The number of benzene rings is 1. The summed E-state index contributed by atoms with van der Waals surface area (Å²) in [5.74, 6) is -2.53. The lowest BCUT2D eigenvalue weighted by atomic mass is 9.62. The Morgan fingerprint density at radius 2 is 2.00 bits per heavy atom. The van der Waals surface area contributed by atoms with Crippen LogP contribution in [0.25, 0.3) is 0 Å². The summed E-state index contributed by atoms with van der Waals surface area (Å²) in [5, 5.41) is 0. The molecule has 1 fully saturated rings. The normalized spacial score (nSPS) is 21.5. The highest BCUT2D eigenvalue weighted by molar-refractivity contribution is 5.34. The van der Waals surface area contributed by atoms with Crippen LogP contribution in [0.1, 0.15) is 30.9 Å². The van der Waals surface area contributed by atoms with E-state index in [4.69, 9.17) is 5.73 Å². The van der Waals surface area contributed by atoms with Gasteiger partial charge in [0.1, 0.15) is 0 Å². The van der Waals surface area contributed by atoms with Crippen LogP contribution in [0.5, 0.6) is 0 Å². The molecule has 3 heteroatoms. The fourth-order valence-electron chi connectivity index (χ4n) is 2.53. The monoisotopic (exact) mass is 225 g/mol. The first kappa shape index (κ1) is 11.5. The molecule has 2 N–H and O–H groups in total. The van der Waals surface area contributed by atoms with Crippen molar-refractivity contribution < 1.29 is 8.78 Å². The summed E-state index contributed by atoms with van der Waals surface area (Å²) in [7, 11) is 0. The summed E-state index contributed by atoms with van der Waals surface area (Å²) in [6.07, 6.45) is 0.707. The molecule has 1 saturated carbocycles. The molecule has 1 nitrogen and oxygen atoms in total. The highest BCUT2D eigenvalue weighted by atomic mass is 19.3. The molecular weight excluding hydrogens is 208 g/mol. The quantitative estimate of drug-likeness (QED) is 0.841. The van der Waals surface area contributed by atoms with E-state index in [1.165, 1.54) is 5.56 Å². The predicted molar refractivity (Wildman–Crippen MR) is 60.7 cm³/mol. The number of hydrogen-bond donors (Lipinski definition) is 1. The molecule has 1 aromatic carbocycles. The first-order valence-electron chi connectivity index (χ1n) is 5.69. The first-order valence-corrected chi connectivity index (χ1v) is 5.69. The van der Waals surface area contributed by atoms with Crippen LogP contribution >= 0.6 is 0 Å². The van der Waals surface area contributed by atoms with Crippen LogP contribution in [0, 0.1) is 0 Å². The van der Waals surface area contributed by atoms with E-state index in [1.54, 1.807) is 0 Å². The minimum absolute atomic E-state index is 0.107. The van der Waals surface area contributed by atoms with E-state index in [0.29, 0.717) is 6.54 Å². The van der Waals surface area contributed by atoms with E-state index in [0.717, 1.165) is 12.0 Å². The van der Waals surface area contributed by atoms with E-state index < -0.39 is 11.3 Å². The first-order chi connectivity index (χ1) is 7.51. The number of aryl methyl sites for hydroxylation is 1. The van der Waals surface area contributed by atoms with E-state index in [-0.39, 0.29) is 12.8 Å². The van der Waals surface area contributed by atoms with Gasteiger partial charge >= 0.3 is 0 Å². The number of halogens is 2. The molecule has 0 radical (unpaired) electrons. The van der Waals surface area contributed by atoms with Crippen LogP contribution in [0.4, 0.5) is 8.78 Å². The number of rotatable bonds is 3. The summed E-state index contributed by atoms with van der Waals surface area (Å²) in [6.45, 7) is 2.36. The Kier molecular flexibility index (Phi) is 2.74. The van der Waals surface area contributed by atoms with Crippen LogP contribution in [-0.4, -0.2) is 12.5 Å². The third-order valence-electron chi connectivity index (χ3n) is 3.53. The molecule has 0 spiro atoms. The van der Waals surface area contributed by atoms with Crippen molar-refractivity contribution in [2.45, 2.75) is 37.5 Å². The van der Waals surface area contributed by atoms with E-state index in [2.05, 4.69) is 6.92 Å². The van der Waals surface area contributed by atoms with Gasteiger partial charge in [0.05, 0.1) is 0 Å². The molecule has 0 aromatic heterocycles. The number of hydrogen-bond acceptors (Lipinski definition) is 1. The summed E-state index contributed by atoms with van der Waals surface area (Å²) in [5.41, 5.74) is 7.34. The van der Waals surface area contributed by atoms with Gasteiger partial charge in [-0.05, 0) is 17.5 Å². The minimum atomic E-state index is -2.53. The molecule has 1 aliphatic rings. The van der Waals surface area contributed by atoms with Gasteiger partial charge in [-0.15, -0.1) is 0 Å². The fourth-order valence-corrected chi connectivity index (χ4v) is 2.53. The van der Waals surface area contributed by atoms with Crippen molar-refractivity contribution >= 4 is 0 Å². The van der Waals surface area contributed by atoms with Gasteiger partial charge in [0.15, 0.2) is 0 Å². The molecule has 0 atom stereocenters. The van der Waals surface area contributed by atoms with E-state index >= 15 is 0 Å². The van der Waals surface area contributed by atoms with Crippen molar-refractivity contribution in [1.29, 1.82) is 0 Å². The highest BCUT2D eigenvalue weighted by Gasteiger charge is 2.56. The maximum Gasteiger partial charge on any atom is 0.250 e. The lowest BCUT2D eigenvalue weighted by Crippen LogP contribution is -2.53. The summed E-state index contributed by atoms with van der Waals surface area (Å²) in [6, 6.07) is 7.88. The van der Waals surface area contributed by atoms with E-state index in [9.17, 15) is 8.78 Å². The van der Waals surface area contributed by atoms with Crippen LogP contribution in [0.15, 0.2) is 24.3 Å². The van der Waals surface area contributed by atoms with Crippen LogP contribution < -0.4 is 5.73 Å². The van der Waals surface area contributed by atoms with Crippen LogP contribution in [-0.2, 0) is 11.8 Å². The third kappa shape index (κ3) is 1.84. The van der Waals surface area contributed by atoms with Gasteiger partial charge in [0.2, 0.25) is 5.92 Å². The largest absolute Gasteiger partial charge is 0.330 e. The van der Waals surface area contributed by atoms with Gasteiger partial charge in [-0.1, -0.05) is 31.2 Å². The molecule has 0 saturated heterocycles. The lowest BCUT2D eigenvalue weighted by molar-refractivity contribution is -0.123. The second-order valence-electron chi connectivity index (χ2n) is 4.75. The second kappa shape index (κ2) is 3.81. The Balaban J connectivity index is 2.28. The van der Waals surface area contributed by atoms with Gasteiger partial charge in [-0.3, -0.25) is 0 Å². The van der Waals surface area contributed by atoms with Crippen molar-refractivity contribution in [2.24, 2.45) is 5.73 Å². The molecule has 1 aliphatic carbocycles. The molecule has 0 aliphatic heterocycles. The topological polar surface area (TPSA) is 26.0 Å². The molecule has 0 heterocycles. The zero-order valence-corrected chi connectivity index (χ0v) is 9.47. The molecule has 2 rings (SSSR count). The van der Waals surface area contributed by atoms with Crippen molar-refractivity contribution in [3.8, 4) is 0 Å². The zero-order valence-electron chi connectivity index (χ0n) is 9.47. The summed E-state index contributed by atoms with van der Waals surface area (Å²) >= 11 is 0. The molecule has 0 amide bonds. The SMILES string of the molecule is CCc1cccc(C2(CN)CC(F)(F)C2)c1. The Morgan fingerprint density at radius 3 is 2.50 bits per heavy atom. The Morgan fingerprint density at radius 1 is 1.31 bits per heavy atom. The predicted octanol–water partition coefficient (Wildman–Crippen LogP) is 2.87. The highest BCUT2D eigenvalue weighted by Crippen LogP contribution is 2.52. The van der Waals surface area contributed by atoms with Crippen molar-refractivity contribution in [2.75, 3.05) is 6.54 Å². The number of alkyl halides is 2. The maximum atomic E-state index is 13.0. The lowest BCUT2D eigenvalue weighted by Gasteiger charge is -2.47. The van der Waals surface area contributed by atoms with Gasteiger partial charge in [0, 0.05) is 24.8 Å². The van der Waals surface area contributed by atoms with Gasteiger partial charge in [-0.2, -0.15) is 0 Å². The molecule has 1 aromatic rings. The number of nitrogens with two attached hydrogens (primary N) is 1. The average Bonchev–Trinajstić information content (AvgIpc) is 2.25. The second-order valence-corrected chi connectivity index (χ2v) is 4.75. The summed E-state index contributed by atoms with van der Waals surface area (Å²) < 4.78 is 26.1.